The van der Waals surface area contributed by atoms with Gasteiger partial charge in [0.25, 0.3) is 0 Å². The van der Waals surface area contributed by atoms with Crippen LogP contribution in [0.2, 0.25) is 0 Å². The Morgan fingerprint density at radius 3 is 2.85 bits per heavy atom. The minimum atomic E-state index is -0.970. The molecule has 0 amide bonds. The van der Waals surface area contributed by atoms with Crippen LogP contribution in [0.1, 0.15) is 56.0 Å². The minimum absolute atomic E-state index is 0.242. The monoisotopic (exact) mass is 456 g/mol. The average molecular weight is 457 g/mol. The fourth-order valence-electron chi connectivity index (χ4n) is 4.46. The van der Waals surface area contributed by atoms with Crippen molar-refractivity contribution in [2.24, 2.45) is 5.92 Å². The van der Waals surface area contributed by atoms with E-state index in [0.717, 1.165) is 12.1 Å². The molecule has 1 N–H and O–H groups in total. The molecule has 2 aliphatic rings. The number of likely N-dealkylation sites (tertiary alicyclic amines) is 1. The van der Waals surface area contributed by atoms with Gasteiger partial charge in [0.1, 0.15) is 11.2 Å². The van der Waals surface area contributed by atoms with Gasteiger partial charge in [0.15, 0.2) is 0 Å². The SMILES string of the molecule is CCOC(=O)C1(c2nc(NCC3CC3)ncc2C(C)OC)CCN(Cc2ccccc2F)C1. The molecule has 0 bridgehead atoms. The maximum atomic E-state index is 14.3. The molecule has 2 fully saturated rings. The second kappa shape index (κ2) is 10.1. The number of methoxy groups -OCH3 is 1. The first-order chi connectivity index (χ1) is 16.0. The molecule has 2 heterocycles. The number of carbonyl (C=O) groups excluding carboxylic acids is 1. The van der Waals surface area contributed by atoms with E-state index < -0.39 is 5.41 Å². The van der Waals surface area contributed by atoms with Gasteiger partial charge in [0.05, 0.1) is 18.4 Å². The Kier molecular flexibility index (Phi) is 7.24. The summed E-state index contributed by atoms with van der Waals surface area (Å²) >= 11 is 0. The van der Waals surface area contributed by atoms with E-state index in [-0.39, 0.29) is 24.5 Å². The Balaban J connectivity index is 1.69. The highest BCUT2D eigenvalue weighted by Crippen LogP contribution is 2.40. The molecule has 0 spiro atoms. The summed E-state index contributed by atoms with van der Waals surface area (Å²) in [5.74, 6) is 0.627. The lowest BCUT2D eigenvalue weighted by atomic mass is 9.80. The Morgan fingerprint density at radius 2 is 2.15 bits per heavy atom. The first-order valence-corrected chi connectivity index (χ1v) is 11.7. The molecule has 1 saturated heterocycles. The molecular formula is C25H33FN4O3. The van der Waals surface area contributed by atoms with E-state index in [4.69, 9.17) is 14.5 Å². The summed E-state index contributed by atoms with van der Waals surface area (Å²) in [4.78, 5) is 24.9. The fraction of sp³-hybridized carbons (Fsp3) is 0.560. The van der Waals surface area contributed by atoms with E-state index in [1.165, 1.54) is 18.9 Å². The molecule has 33 heavy (non-hydrogen) atoms. The number of hydrogen-bond donors (Lipinski definition) is 1. The smallest absolute Gasteiger partial charge is 0.319 e. The van der Waals surface area contributed by atoms with Crippen molar-refractivity contribution in [3.63, 3.8) is 0 Å². The Morgan fingerprint density at radius 1 is 1.36 bits per heavy atom. The predicted octanol–water partition coefficient (Wildman–Crippen LogP) is 3.85. The summed E-state index contributed by atoms with van der Waals surface area (Å²) in [5.41, 5.74) is 1.05. The molecule has 0 radical (unpaired) electrons. The van der Waals surface area contributed by atoms with Crippen LogP contribution in [-0.2, 0) is 26.2 Å². The molecule has 1 aromatic heterocycles. The lowest BCUT2D eigenvalue weighted by Gasteiger charge is -2.30. The zero-order chi connectivity index (χ0) is 23.4. The van der Waals surface area contributed by atoms with Gasteiger partial charge >= 0.3 is 5.97 Å². The number of ether oxygens (including phenoxy) is 2. The van der Waals surface area contributed by atoms with Crippen molar-refractivity contribution in [2.75, 3.05) is 38.7 Å². The molecule has 1 aromatic carbocycles. The number of nitrogens with zero attached hydrogens (tertiary/aromatic N) is 3. The topological polar surface area (TPSA) is 76.6 Å². The van der Waals surface area contributed by atoms with Gasteiger partial charge < -0.3 is 14.8 Å². The van der Waals surface area contributed by atoms with Crippen LogP contribution in [0.4, 0.5) is 10.3 Å². The molecule has 7 nitrogen and oxygen atoms in total. The number of esters is 1. The lowest BCUT2D eigenvalue weighted by Crippen LogP contribution is -2.42. The van der Waals surface area contributed by atoms with Crippen LogP contribution in [0.3, 0.4) is 0 Å². The van der Waals surface area contributed by atoms with Crippen LogP contribution in [0.5, 0.6) is 0 Å². The number of halogens is 1. The summed E-state index contributed by atoms with van der Waals surface area (Å²) in [7, 11) is 1.63. The van der Waals surface area contributed by atoms with Gasteiger partial charge in [-0.05, 0) is 45.1 Å². The first kappa shape index (κ1) is 23.6. The molecule has 4 rings (SSSR count). The normalized spacial score (nSPS) is 21.7. The van der Waals surface area contributed by atoms with Gasteiger partial charge in [-0.25, -0.2) is 14.4 Å². The largest absolute Gasteiger partial charge is 0.465 e. The molecule has 2 atom stereocenters. The van der Waals surface area contributed by atoms with Crippen LogP contribution in [-0.4, -0.2) is 54.2 Å². The van der Waals surface area contributed by atoms with Gasteiger partial charge in [0, 0.05) is 50.6 Å². The summed E-state index contributed by atoms with van der Waals surface area (Å²) in [5, 5.41) is 3.32. The van der Waals surface area contributed by atoms with E-state index >= 15 is 0 Å². The molecule has 178 valence electrons. The highest BCUT2D eigenvalue weighted by atomic mass is 19.1. The van der Waals surface area contributed by atoms with E-state index in [1.54, 1.807) is 32.4 Å². The van der Waals surface area contributed by atoms with Gasteiger partial charge in [-0.1, -0.05) is 18.2 Å². The Labute approximate surface area is 194 Å². The zero-order valence-electron chi connectivity index (χ0n) is 19.6. The number of aromatic nitrogens is 2. The molecule has 1 aliphatic carbocycles. The van der Waals surface area contributed by atoms with Gasteiger partial charge in [-0.2, -0.15) is 0 Å². The van der Waals surface area contributed by atoms with Crippen molar-refractivity contribution in [3.05, 3.63) is 53.1 Å². The van der Waals surface area contributed by atoms with E-state index in [9.17, 15) is 9.18 Å². The number of hydrogen-bond acceptors (Lipinski definition) is 7. The third-order valence-electron chi connectivity index (χ3n) is 6.67. The quantitative estimate of drug-likeness (QED) is 0.544. The highest BCUT2D eigenvalue weighted by molar-refractivity contribution is 5.84. The molecule has 1 saturated carbocycles. The van der Waals surface area contributed by atoms with Gasteiger partial charge in [-0.15, -0.1) is 0 Å². The minimum Gasteiger partial charge on any atom is -0.465 e. The van der Waals surface area contributed by atoms with Gasteiger partial charge in [0.2, 0.25) is 5.95 Å². The Hall–Kier alpha value is -2.58. The molecule has 2 unspecified atom stereocenters. The van der Waals surface area contributed by atoms with Crippen molar-refractivity contribution >= 4 is 11.9 Å². The van der Waals surface area contributed by atoms with Crippen molar-refractivity contribution in [3.8, 4) is 0 Å². The van der Waals surface area contributed by atoms with Crippen molar-refractivity contribution in [1.82, 2.24) is 14.9 Å². The van der Waals surface area contributed by atoms with Crippen LogP contribution in [0.15, 0.2) is 30.5 Å². The number of rotatable bonds is 10. The fourth-order valence-corrected chi connectivity index (χ4v) is 4.46. The third-order valence-corrected chi connectivity index (χ3v) is 6.67. The van der Waals surface area contributed by atoms with E-state index in [2.05, 4.69) is 15.2 Å². The Bertz CT molecular complexity index is 984. The number of nitrogens with one attached hydrogen (secondary N) is 1. The number of anilines is 1. The van der Waals surface area contributed by atoms with Crippen molar-refractivity contribution in [2.45, 2.75) is 51.2 Å². The second-order valence-corrected chi connectivity index (χ2v) is 9.05. The van der Waals surface area contributed by atoms with E-state index in [1.807, 2.05) is 13.0 Å². The summed E-state index contributed by atoms with van der Waals surface area (Å²) in [6, 6.07) is 6.75. The number of benzene rings is 1. The third kappa shape index (κ3) is 5.17. The lowest BCUT2D eigenvalue weighted by molar-refractivity contribution is -0.150. The standard InChI is InChI=1S/C25H33FN4O3/c1-4-33-23(31)25(11-12-30(16-25)15-19-7-5-6-8-21(19)26)22-20(17(2)32-3)14-28-24(29-22)27-13-18-9-10-18/h5-8,14,17-18H,4,9-13,15-16H2,1-3H3,(H,27,28,29). The summed E-state index contributed by atoms with van der Waals surface area (Å²) in [6.07, 6.45) is 4.44. The van der Waals surface area contributed by atoms with Crippen LogP contribution in [0, 0.1) is 11.7 Å². The zero-order valence-corrected chi connectivity index (χ0v) is 19.6. The number of carbonyl (C=O) groups is 1. The van der Waals surface area contributed by atoms with Crippen LogP contribution >= 0.6 is 0 Å². The second-order valence-electron chi connectivity index (χ2n) is 9.05. The molecule has 1 aliphatic heterocycles. The first-order valence-electron chi connectivity index (χ1n) is 11.7. The summed E-state index contributed by atoms with van der Waals surface area (Å²) < 4.78 is 25.5. The predicted molar refractivity (Wildman–Crippen MR) is 123 cm³/mol. The summed E-state index contributed by atoms with van der Waals surface area (Å²) in [6.45, 7) is 6.26. The molecule has 2 aromatic rings. The van der Waals surface area contributed by atoms with Crippen molar-refractivity contribution < 1.29 is 18.7 Å². The highest BCUT2D eigenvalue weighted by Gasteiger charge is 2.50. The van der Waals surface area contributed by atoms with Crippen molar-refractivity contribution in [1.29, 1.82) is 0 Å². The average Bonchev–Trinajstić information content (AvgIpc) is 3.56. The van der Waals surface area contributed by atoms with Crippen LogP contribution < -0.4 is 5.32 Å². The van der Waals surface area contributed by atoms with E-state index in [0.29, 0.717) is 49.2 Å². The maximum Gasteiger partial charge on any atom is 0.319 e. The molecular weight excluding hydrogens is 423 g/mol. The van der Waals surface area contributed by atoms with Crippen LogP contribution in [0.25, 0.3) is 0 Å². The maximum absolute atomic E-state index is 14.3. The molecule has 8 heteroatoms. The van der Waals surface area contributed by atoms with Gasteiger partial charge in [-0.3, -0.25) is 9.69 Å².